The first-order valence-corrected chi connectivity index (χ1v) is 5.14. The summed E-state index contributed by atoms with van der Waals surface area (Å²) in [4.78, 5) is 2.39. The van der Waals surface area contributed by atoms with E-state index in [1.807, 2.05) is 11.3 Å². The highest BCUT2D eigenvalue weighted by Crippen LogP contribution is 2.27. The molecule has 0 spiro atoms. The summed E-state index contributed by atoms with van der Waals surface area (Å²) in [6, 6.07) is 2.89. The minimum atomic E-state index is 0.711. The van der Waals surface area contributed by atoms with Crippen molar-refractivity contribution in [2.24, 2.45) is 0 Å². The van der Waals surface area contributed by atoms with Gasteiger partial charge in [-0.25, -0.2) is 0 Å². The van der Waals surface area contributed by atoms with E-state index in [4.69, 9.17) is 0 Å². The molecule has 1 aromatic rings. The van der Waals surface area contributed by atoms with Crippen molar-refractivity contribution in [3.8, 4) is 0 Å². The Labute approximate surface area is 77.2 Å². The summed E-state index contributed by atoms with van der Waals surface area (Å²) in [6.07, 6.45) is 0. The zero-order valence-corrected chi connectivity index (χ0v) is 8.32. The minimum Gasteiger partial charge on any atom is -0.361 e. The highest BCUT2D eigenvalue weighted by Gasteiger charge is 2.22. The number of aryl methyl sites for hydroxylation is 1. The van der Waals surface area contributed by atoms with Gasteiger partial charge in [0.15, 0.2) is 0 Å². The Morgan fingerprint density at radius 1 is 1.58 bits per heavy atom. The van der Waals surface area contributed by atoms with E-state index in [9.17, 15) is 0 Å². The van der Waals surface area contributed by atoms with Gasteiger partial charge in [0, 0.05) is 20.1 Å². The first-order chi connectivity index (χ1) is 5.79. The predicted molar refractivity (Wildman–Crippen MR) is 54.1 cm³/mol. The molecule has 0 radical (unpaired) electrons. The molecule has 0 atom stereocenters. The molecule has 1 aromatic heterocycles. The van der Waals surface area contributed by atoms with Crippen LogP contribution in [0.1, 0.15) is 5.56 Å². The van der Waals surface area contributed by atoms with E-state index in [1.54, 1.807) is 0 Å². The van der Waals surface area contributed by atoms with E-state index in [0.29, 0.717) is 6.04 Å². The maximum atomic E-state index is 3.29. The number of nitrogens with one attached hydrogen (secondary N) is 1. The van der Waals surface area contributed by atoms with Gasteiger partial charge < -0.3 is 10.2 Å². The van der Waals surface area contributed by atoms with Crippen LogP contribution in [0.5, 0.6) is 0 Å². The summed E-state index contributed by atoms with van der Waals surface area (Å²) in [5, 5.41) is 6.86. The van der Waals surface area contributed by atoms with Crippen LogP contribution in [-0.4, -0.2) is 26.2 Å². The maximum Gasteiger partial charge on any atom is 0.0939 e. The van der Waals surface area contributed by atoms with Crippen molar-refractivity contribution in [1.29, 1.82) is 0 Å². The molecule has 2 rings (SSSR count). The summed E-state index contributed by atoms with van der Waals surface area (Å²) >= 11 is 1.83. The van der Waals surface area contributed by atoms with Crippen molar-refractivity contribution < 1.29 is 0 Å². The molecule has 1 N–H and O–H groups in total. The number of anilines is 1. The van der Waals surface area contributed by atoms with Crippen LogP contribution < -0.4 is 10.2 Å². The number of thiophene rings is 1. The number of hydrogen-bond acceptors (Lipinski definition) is 3. The minimum absolute atomic E-state index is 0.711. The van der Waals surface area contributed by atoms with Gasteiger partial charge in [-0.15, -0.1) is 11.3 Å². The lowest BCUT2D eigenvalue weighted by Gasteiger charge is -2.36. The molecule has 0 saturated carbocycles. The van der Waals surface area contributed by atoms with E-state index >= 15 is 0 Å². The molecule has 66 valence electrons. The van der Waals surface area contributed by atoms with Gasteiger partial charge in [0.25, 0.3) is 0 Å². The molecule has 2 nitrogen and oxygen atoms in total. The second-order valence-corrected chi connectivity index (χ2v) is 4.23. The summed E-state index contributed by atoms with van der Waals surface area (Å²) in [7, 11) is 2.18. The molecule has 0 aromatic carbocycles. The smallest absolute Gasteiger partial charge is 0.0939 e. The Morgan fingerprint density at radius 2 is 2.33 bits per heavy atom. The molecule has 1 fully saturated rings. The van der Waals surface area contributed by atoms with Crippen LogP contribution in [0.3, 0.4) is 0 Å². The average Bonchev–Trinajstić information content (AvgIpc) is 2.31. The van der Waals surface area contributed by atoms with Gasteiger partial charge in [0.1, 0.15) is 0 Å². The molecule has 0 unspecified atom stereocenters. The lowest BCUT2D eigenvalue weighted by Crippen LogP contribution is -2.56. The van der Waals surface area contributed by atoms with Crippen LogP contribution in [0.2, 0.25) is 0 Å². The molecule has 0 amide bonds. The summed E-state index contributed by atoms with van der Waals surface area (Å²) < 4.78 is 0. The highest BCUT2D eigenvalue weighted by atomic mass is 32.1. The quantitative estimate of drug-likeness (QED) is 0.745. The third kappa shape index (κ3) is 1.23. The van der Waals surface area contributed by atoms with E-state index in [-0.39, 0.29) is 0 Å². The Kier molecular flexibility index (Phi) is 2.07. The highest BCUT2D eigenvalue weighted by molar-refractivity contribution is 7.14. The van der Waals surface area contributed by atoms with E-state index < -0.39 is 0 Å². The zero-order chi connectivity index (χ0) is 8.55. The maximum absolute atomic E-state index is 3.29. The van der Waals surface area contributed by atoms with Crippen LogP contribution >= 0.6 is 11.3 Å². The van der Waals surface area contributed by atoms with Crippen LogP contribution in [0.15, 0.2) is 11.4 Å². The summed E-state index contributed by atoms with van der Waals surface area (Å²) in [5.74, 6) is 0. The van der Waals surface area contributed by atoms with Crippen LogP contribution in [0.25, 0.3) is 0 Å². The Bertz CT molecular complexity index is 265. The fourth-order valence-corrected chi connectivity index (χ4v) is 2.41. The Balaban J connectivity index is 2.13. The SMILES string of the molecule is Cc1ccsc1N(C)C1CNC1. The zero-order valence-electron chi connectivity index (χ0n) is 7.50. The van der Waals surface area contributed by atoms with E-state index in [1.165, 1.54) is 10.6 Å². The lowest BCUT2D eigenvalue weighted by molar-refractivity contribution is 0.430. The molecule has 3 heteroatoms. The van der Waals surface area contributed by atoms with Crippen LogP contribution in [0.4, 0.5) is 5.00 Å². The first-order valence-electron chi connectivity index (χ1n) is 4.26. The Hall–Kier alpha value is -0.540. The standard InChI is InChI=1S/C9H14N2S/c1-7-3-4-12-9(7)11(2)8-5-10-6-8/h3-4,8,10H,5-6H2,1-2H3. The van der Waals surface area contributed by atoms with Gasteiger partial charge in [-0.05, 0) is 23.9 Å². The number of likely N-dealkylation sites (N-methyl/N-ethyl adjacent to an activating group) is 1. The lowest BCUT2D eigenvalue weighted by atomic mass is 10.1. The van der Waals surface area contributed by atoms with E-state index in [2.05, 4.69) is 35.6 Å². The van der Waals surface area contributed by atoms with E-state index in [0.717, 1.165) is 13.1 Å². The number of rotatable bonds is 2. The fraction of sp³-hybridized carbons (Fsp3) is 0.556. The van der Waals surface area contributed by atoms with Crippen molar-refractivity contribution in [3.05, 3.63) is 17.0 Å². The normalized spacial score (nSPS) is 17.5. The monoisotopic (exact) mass is 182 g/mol. The van der Waals surface area contributed by atoms with Crippen molar-refractivity contribution in [2.75, 3.05) is 25.0 Å². The molecule has 1 aliphatic heterocycles. The van der Waals surface area contributed by atoms with Crippen LogP contribution in [-0.2, 0) is 0 Å². The number of hydrogen-bond donors (Lipinski definition) is 1. The van der Waals surface area contributed by atoms with Gasteiger partial charge in [-0.3, -0.25) is 0 Å². The van der Waals surface area contributed by atoms with Crippen molar-refractivity contribution in [1.82, 2.24) is 5.32 Å². The first kappa shape index (κ1) is 8.08. The van der Waals surface area contributed by atoms with Gasteiger partial charge in [-0.1, -0.05) is 0 Å². The fourth-order valence-electron chi connectivity index (χ4n) is 1.44. The molecule has 0 bridgehead atoms. The summed E-state index contributed by atoms with van der Waals surface area (Å²) in [6.45, 7) is 4.44. The third-order valence-electron chi connectivity index (χ3n) is 2.46. The molecule has 0 aliphatic carbocycles. The molecule has 1 aliphatic rings. The molecule has 1 saturated heterocycles. The second kappa shape index (κ2) is 3.07. The third-order valence-corrected chi connectivity index (χ3v) is 3.57. The van der Waals surface area contributed by atoms with Crippen molar-refractivity contribution in [3.63, 3.8) is 0 Å². The Morgan fingerprint density at radius 3 is 2.75 bits per heavy atom. The summed E-state index contributed by atoms with van der Waals surface area (Å²) in [5.41, 5.74) is 1.40. The largest absolute Gasteiger partial charge is 0.361 e. The van der Waals surface area contributed by atoms with Crippen molar-refractivity contribution in [2.45, 2.75) is 13.0 Å². The van der Waals surface area contributed by atoms with Gasteiger partial charge in [-0.2, -0.15) is 0 Å². The molecule has 2 heterocycles. The predicted octanol–water partition coefficient (Wildman–Crippen LogP) is 1.46. The van der Waals surface area contributed by atoms with Crippen LogP contribution in [0, 0.1) is 6.92 Å². The number of nitrogens with zero attached hydrogens (tertiary/aromatic N) is 1. The second-order valence-electron chi connectivity index (χ2n) is 3.33. The van der Waals surface area contributed by atoms with Gasteiger partial charge in [0.05, 0.1) is 11.0 Å². The molecule has 12 heavy (non-hydrogen) atoms. The van der Waals surface area contributed by atoms with Gasteiger partial charge >= 0.3 is 0 Å². The van der Waals surface area contributed by atoms with Gasteiger partial charge in [0.2, 0.25) is 0 Å². The molecular weight excluding hydrogens is 168 g/mol. The average molecular weight is 182 g/mol. The van der Waals surface area contributed by atoms with Crippen molar-refractivity contribution >= 4 is 16.3 Å². The molecular formula is C9H14N2S. The topological polar surface area (TPSA) is 15.3 Å².